The van der Waals surface area contributed by atoms with Gasteiger partial charge in [0.25, 0.3) is 5.91 Å². The lowest BCUT2D eigenvalue weighted by atomic mass is 10.1. The minimum Gasteiger partial charge on any atom is -0.454 e. The third-order valence-electron chi connectivity index (χ3n) is 5.44. The molecule has 160 valence electrons. The third-order valence-corrected chi connectivity index (χ3v) is 7.34. The van der Waals surface area contributed by atoms with Crippen molar-refractivity contribution in [2.24, 2.45) is 0 Å². The van der Waals surface area contributed by atoms with E-state index in [9.17, 15) is 13.2 Å². The molecular weight excluding hydrogens is 406 g/mol. The maximum atomic E-state index is 13.0. The predicted octanol–water partition coefficient (Wildman–Crippen LogP) is 1.59. The molecule has 0 aliphatic carbocycles. The Morgan fingerprint density at radius 3 is 2.53 bits per heavy atom. The van der Waals surface area contributed by atoms with E-state index in [2.05, 4.69) is 10.2 Å². The van der Waals surface area contributed by atoms with Gasteiger partial charge in [-0.2, -0.15) is 4.31 Å². The molecule has 0 unspecified atom stereocenters. The van der Waals surface area contributed by atoms with Crippen molar-refractivity contribution < 1.29 is 22.7 Å². The van der Waals surface area contributed by atoms with E-state index in [1.54, 1.807) is 25.1 Å². The van der Waals surface area contributed by atoms with Crippen molar-refractivity contribution in [3.05, 3.63) is 53.1 Å². The van der Waals surface area contributed by atoms with Crippen LogP contribution in [0.2, 0.25) is 0 Å². The smallest absolute Gasteiger partial charge is 0.251 e. The number of carbonyl (C=O) groups is 1. The number of hydrogen-bond acceptors (Lipinski definition) is 6. The third kappa shape index (κ3) is 4.14. The number of fused-ring (bicyclic) bond motifs is 1. The highest BCUT2D eigenvalue weighted by atomic mass is 32.2. The van der Waals surface area contributed by atoms with Crippen LogP contribution >= 0.6 is 0 Å². The Kier molecular flexibility index (Phi) is 5.68. The van der Waals surface area contributed by atoms with Crippen LogP contribution in [0.25, 0.3) is 0 Å². The van der Waals surface area contributed by atoms with Gasteiger partial charge in [0.15, 0.2) is 11.5 Å². The van der Waals surface area contributed by atoms with Gasteiger partial charge < -0.3 is 19.7 Å². The molecule has 1 saturated heterocycles. The van der Waals surface area contributed by atoms with Gasteiger partial charge in [0.1, 0.15) is 0 Å². The summed E-state index contributed by atoms with van der Waals surface area (Å²) in [5.41, 5.74) is 1.94. The number of ether oxygens (including phenoxy) is 2. The summed E-state index contributed by atoms with van der Waals surface area (Å²) in [6, 6.07) is 10.2. The molecule has 2 aliphatic heterocycles. The molecule has 2 heterocycles. The minimum absolute atomic E-state index is 0.144. The van der Waals surface area contributed by atoms with Gasteiger partial charge in [-0.1, -0.05) is 12.1 Å². The molecule has 0 aromatic heterocycles. The predicted molar refractivity (Wildman–Crippen MR) is 111 cm³/mol. The van der Waals surface area contributed by atoms with Gasteiger partial charge in [-0.05, 0) is 49.4 Å². The summed E-state index contributed by atoms with van der Waals surface area (Å²) in [7, 11) is -1.67. The lowest BCUT2D eigenvalue weighted by Crippen LogP contribution is -2.47. The highest BCUT2D eigenvalue weighted by Gasteiger charge is 2.28. The maximum absolute atomic E-state index is 13.0. The van der Waals surface area contributed by atoms with Gasteiger partial charge in [0.05, 0.1) is 4.90 Å². The zero-order chi connectivity index (χ0) is 21.3. The van der Waals surface area contributed by atoms with E-state index in [0.717, 1.165) is 11.1 Å². The first-order valence-electron chi connectivity index (χ1n) is 9.81. The standard InChI is InChI=1S/C21H25N3O5S/c1-15-3-5-17(30(26,27)24-9-7-23(2)8-10-24)12-18(15)21(25)22-13-16-4-6-19-20(11-16)29-14-28-19/h3-6,11-12H,7-10,13-14H2,1-2H3,(H,22,25). The lowest BCUT2D eigenvalue weighted by molar-refractivity contribution is 0.0950. The molecule has 1 amide bonds. The van der Waals surface area contributed by atoms with Crippen molar-refractivity contribution in [2.75, 3.05) is 40.0 Å². The van der Waals surface area contributed by atoms with Crippen molar-refractivity contribution in [1.82, 2.24) is 14.5 Å². The van der Waals surface area contributed by atoms with Gasteiger partial charge in [0.2, 0.25) is 16.8 Å². The fraction of sp³-hybridized carbons (Fsp3) is 0.381. The second kappa shape index (κ2) is 8.25. The monoisotopic (exact) mass is 431 g/mol. The molecular formula is C21H25N3O5S. The van der Waals surface area contributed by atoms with E-state index < -0.39 is 10.0 Å². The van der Waals surface area contributed by atoms with Gasteiger partial charge in [-0.25, -0.2) is 8.42 Å². The van der Waals surface area contributed by atoms with Crippen molar-refractivity contribution >= 4 is 15.9 Å². The highest BCUT2D eigenvalue weighted by molar-refractivity contribution is 7.89. The van der Waals surface area contributed by atoms with Gasteiger partial charge in [0, 0.05) is 38.3 Å². The number of nitrogens with zero attached hydrogens (tertiary/aromatic N) is 2. The Bertz CT molecular complexity index is 1060. The van der Waals surface area contributed by atoms with E-state index in [1.807, 2.05) is 19.2 Å². The first-order chi connectivity index (χ1) is 14.3. The Hall–Kier alpha value is -2.62. The van der Waals surface area contributed by atoms with E-state index in [0.29, 0.717) is 49.8 Å². The van der Waals surface area contributed by atoms with Gasteiger partial charge in [-0.15, -0.1) is 0 Å². The van der Waals surface area contributed by atoms with Crippen LogP contribution in [0.4, 0.5) is 0 Å². The van der Waals surface area contributed by atoms with Crippen LogP contribution in [0.1, 0.15) is 21.5 Å². The largest absolute Gasteiger partial charge is 0.454 e. The van der Waals surface area contributed by atoms with Crippen LogP contribution in [-0.4, -0.2) is 63.5 Å². The average Bonchev–Trinajstić information content (AvgIpc) is 3.20. The van der Waals surface area contributed by atoms with Gasteiger partial charge >= 0.3 is 0 Å². The number of hydrogen-bond donors (Lipinski definition) is 1. The molecule has 8 nitrogen and oxygen atoms in total. The Morgan fingerprint density at radius 1 is 1.03 bits per heavy atom. The molecule has 9 heteroatoms. The molecule has 1 N–H and O–H groups in total. The summed E-state index contributed by atoms with van der Waals surface area (Å²) in [4.78, 5) is 15.0. The summed E-state index contributed by atoms with van der Waals surface area (Å²) >= 11 is 0. The second-order valence-corrected chi connectivity index (χ2v) is 9.49. The van der Waals surface area contributed by atoms with Crippen LogP contribution in [0.3, 0.4) is 0 Å². The Balaban J connectivity index is 1.49. The number of likely N-dealkylation sites (N-methyl/N-ethyl adjacent to an activating group) is 1. The Labute approximate surface area is 176 Å². The SMILES string of the molecule is Cc1ccc(S(=O)(=O)N2CCN(C)CC2)cc1C(=O)NCc1ccc2c(c1)OCO2. The molecule has 0 radical (unpaired) electrons. The number of piperazine rings is 1. The van der Waals surface area contributed by atoms with E-state index in [4.69, 9.17) is 9.47 Å². The Morgan fingerprint density at radius 2 is 1.77 bits per heavy atom. The molecule has 0 spiro atoms. The quantitative estimate of drug-likeness (QED) is 0.774. The summed E-state index contributed by atoms with van der Waals surface area (Å²) in [6.07, 6.45) is 0. The van der Waals surface area contributed by atoms with Crippen molar-refractivity contribution in [2.45, 2.75) is 18.4 Å². The minimum atomic E-state index is -3.64. The molecule has 0 saturated carbocycles. The van der Waals surface area contributed by atoms with Crippen molar-refractivity contribution in [3.8, 4) is 11.5 Å². The molecule has 0 bridgehead atoms. The fourth-order valence-corrected chi connectivity index (χ4v) is 4.96. The number of sulfonamides is 1. The number of aryl methyl sites for hydroxylation is 1. The number of rotatable bonds is 5. The first kappa shape index (κ1) is 20.6. The summed E-state index contributed by atoms with van der Waals surface area (Å²) in [6.45, 7) is 4.55. The number of amides is 1. The van der Waals surface area contributed by atoms with Crippen molar-refractivity contribution in [1.29, 1.82) is 0 Å². The number of carbonyl (C=O) groups excluding carboxylic acids is 1. The molecule has 2 aliphatic rings. The van der Waals surface area contributed by atoms with Crippen LogP contribution in [-0.2, 0) is 16.6 Å². The number of nitrogens with one attached hydrogen (secondary N) is 1. The van der Waals surface area contributed by atoms with Crippen molar-refractivity contribution in [3.63, 3.8) is 0 Å². The zero-order valence-corrected chi connectivity index (χ0v) is 17.9. The molecule has 2 aromatic rings. The normalized spacial score (nSPS) is 17.1. The van der Waals surface area contributed by atoms with E-state index in [1.165, 1.54) is 10.4 Å². The fourth-order valence-electron chi connectivity index (χ4n) is 3.51. The topological polar surface area (TPSA) is 88.2 Å². The molecule has 4 rings (SSSR count). The van der Waals surface area contributed by atoms with Crippen LogP contribution < -0.4 is 14.8 Å². The summed E-state index contributed by atoms with van der Waals surface area (Å²) < 4.78 is 38.2. The molecule has 1 fully saturated rings. The summed E-state index contributed by atoms with van der Waals surface area (Å²) in [5, 5.41) is 2.86. The first-order valence-corrected chi connectivity index (χ1v) is 11.2. The van der Waals surface area contributed by atoms with Crippen LogP contribution in [0.5, 0.6) is 11.5 Å². The summed E-state index contributed by atoms with van der Waals surface area (Å²) in [5.74, 6) is 1.02. The number of benzene rings is 2. The molecule has 0 atom stereocenters. The second-order valence-electron chi connectivity index (χ2n) is 7.55. The molecule has 30 heavy (non-hydrogen) atoms. The maximum Gasteiger partial charge on any atom is 0.251 e. The zero-order valence-electron chi connectivity index (χ0n) is 17.1. The van der Waals surface area contributed by atoms with Gasteiger partial charge in [-0.3, -0.25) is 4.79 Å². The average molecular weight is 432 g/mol. The van der Waals surface area contributed by atoms with E-state index in [-0.39, 0.29) is 17.6 Å². The molecule has 2 aromatic carbocycles. The van der Waals surface area contributed by atoms with Crippen LogP contribution in [0, 0.1) is 6.92 Å². The van der Waals surface area contributed by atoms with Crippen LogP contribution in [0.15, 0.2) is 41.3 Å². The van der Waals surface area contributed by atoms with E-state index >= 15 is 0 Å². The lowest BCUT2D eigenvalue weighted by Gasteiger charge is -2.31. The highest BCUT2D eigenvalue weighted by Crippen LogP contribution is 2.32.